The first kappa shape index (κ1) is 17.3. The van der Waals surface area contributed by atoms with Crippen LogP contribution >= 0.6 is 0 Å². The minimum absolute atomic E-state index is 0.0728. The molecule has 0 spiro atoms. The van der Waals surface area contributed by atoms with Gasteiger partial charge < -0.3 is 4.43 Å². The molecule has 2 aromatic rings. The predicted molar refractivity (Wildman–Crippen MR) is 94.1 cm³/mol. The lowest BCUT2D eigenvalue weighted by molar-refractivity contribution is 0.236. The molecule has 0 saturated carbocycles. The molecule has 0 amide bonds. The van der Waals surface area contributed by atoms with Crippen LogP contribution in [0.15, 0.2) is 43.0 Å². The highest BCUT2D eigenvalue weighted by molar-refractivity contribution is 6.74. The van der Waals surface area contributed by atoms with Gasteiger partial charge in [0.25, 0.3) is 0 Å². The number of nitrogens with zero attached hydrogens (tertiary/aromatic N) is 3. The summed E-state index contributed by atoms with van der Waals surface area (Å²) < 4.78 is 6.24. The van der Waals surface area contributed by atoms with Crippen LogP contribution in [0.25, 0.3) is 11.1 Å². The van der Waals surface area contributed by atoms with Crippen molar-refractivity contribution in [1.29, 1.82) is 5.26 Å². The van der Waals surface area contributed by atoms with Gasteiger partial charge in [0, 0.05) is 18.0 Å². The smallest absolute Gasteiger partial charge is 0.194 e. The number of aromatic nitrogens is 2. The molecule has 0 saturated heterocycles. The molecular formula is C18H23N3OSi. The van der Waals surface area contributed by atoms with E-state index in [9.17, 15) is 5.26 Å². The highest BCUT2D eigenvalue weighted by Crippen LogP contribution is 2.39. The zero-order chi connectivity index (χ0) is 17.1. The molecule has 1 atom stereocenters. The molecule has 1 aromatic carbocycles. The van der Waals surface area contributed by atoms with Crippen LogP contribution in [0.4, 0.5) is 0 Å². The van der Waals surface area contributed by atoms with Gasteiger partial charge in [0.15, 0.2) is 14.4 Å². The number of nitriles is 1. The predicted octanol–water partition coefficient (Wildman–Crippen LogP) is 4.73. The van der Waals surface area contributed by atoms with Crippen LogP contribution in [0.5, 0.6) is 0 Å². The third-order valence-electron chi connectivity index (χ3n) is 4.44. The van der Waals surface area contributed by atoms with Gasteiger partial charge in [-0.3, -0.25) is 0 Å². The quantitative estimate of drug-likeness (QED) is 0.762. The summed E-state index contributed by atoms with van der Waals surface area (Å²) in [7, 11) is -1.99. The Morgan fingerprint density at radius 1 is 1.04 bits per heavy atom. The second kappa shape index (κ2) is 6.61. The first-order chi connectivity index (χ1) is 10.7. The van der Waals surface area contributed by atoms with Crippen LogP contribution in [-0.4, -0.2) is 18.3 Å². The zero-order valence-electron chi connectivity index (χ0n) is 14.4. The van der Waals surface area contributed by atoms with Crippen molar-refractivity contribution in [3.63, 3.8) is 0 Å². The first-order valence-electron chi connectivity index (χ1n) is 7.67. The summed E-state index contributed by atoms with van der Waals surface area (Å²) in [4.78, 5) is 8.06. The zero-order valence-corrected chi connectivity index (χ0v) is 15.4. The Kier molecular flexibility index (Phi) is 4.98. The fourth-order valence-corrected chi connectivity index (χ4v) is 3.07. The maximum absolute atomic E-state index is 9.52. The van der Waals surface area contributed by atoms with E-state index in [2.05, 4.69) is 49.9 Å². The minimum atomic E-state index is -1.99. The summed E-state index contributed by atoms with van der Waals surface area (Å²) in [6, 6.07) is 10.1. The topological polar surface area (TPSA) is 58.8 Å². The molecule has 0 radical (unpaired) electrons. The Balaban J connectivity index is 2.22. The summed E-state index contributed by atoms with van der Waals surface area (Å²) >= 11 is 0. The van der Waals surface area contributed by atoms with Crippen LogP contribution in [0, 0.1) is 11.3 Å². The monoisotopic (exact) mass is 325 g/mol. The second-order valence-electron chi connectivity index (χ2n) is 7.14. The van der Waals surface area contributed by atoms with Gasteiger partial charge in [-0.05, 0) is 29.3 Å². The van der Waals surface area contributed by atoms with Crippen molar-refractivity contribution < 1.29 is 4.43 Å². The molecule has 0 aliphatic heterocycles. The van der Waals surface area contributed by atoms with Crippen molar-refractivity contribution in [2.75, 3.05) is 0 Å². The molecule has 23 heavy (non-hydrogen) atoms. The van der Waals surface area contributed by atoms with Gasteiger partial charge in [0.1, 0.15) is 6.33 Å². The first-order valence-corrected chi connectivity index (χ1v) is 10.6. The van der Waals surface area contributed by atoms with Crippen LogP contribution in [0.3, 0.4) is 0 Å². The van der Waals surface area contributed by atoms with E-state index in [4.69, 9.17) is 4.43 Å². The largest absolute Gasteiger partial charge is 0.398 e. The van der Waals surface area contributed by atoms with Crippen LogP contribution in [0.1, 0.15) is 32.4 Å². The van der Waals surface area contributed by atoms with E-state index in [0.717, 1.165) is 16.7 Å². The molecule has 5 heteroatoms. The Labute approximate surface area is 139 Å². The van der Waals surface area contributed by atoms with E-state index in [0.29, 0.717) is 0 Å². The van der Waals surface area contributed by atoms with Gasteiger partial charge in [-0.1, -0.05) is 45.0 Å². The van der Waals surface area contributed by atoms with Gasteiger partial charge in [0.2, 0.25) is 0 Å². The molecule has 1 aromatic heterocycles. The molecule has 0 unspecified atom stereocenters. The minimum Gasteiger partial charge on any atom is -0.398 e. The van der Waals surface area contributed by atoms with E-state index in [1.807, 2.05) is 24.3 Å². The standard InChI is InChI=1S/C18H23N3OSi/c1-18(2,3)23(4,5)22-17(10-19)15-8-6-14(7-9-15)16-11-20-13-21-12-16/h6-9,11-13,17H,1-5H3/t17-/m0/s1. The van der Waals surface area contributed by atoms with Crippen molar-refractivity contribution >= 4 is 8.32 Å². The van der Waals surface area contributed by atoms with E-state index >= 15 is 0 Å². The van der Waals surface area contributed by atoms with Crippen LogP contribution in [0.2, 0.25) is 18.1 Å². The molecule has 1 heterocycles. The lowest BCUT2D eigenvalue weighted by atomic mass is 10.0. The third kappa shape index (κ3) is 4.04. The molecule has 2 rings (SSSR count). The molecule has 0 N–H and O–H groups in total. The molecule has 4 nitrogen and oxygen atoms in total. The summed E-state index contributed by atoms with van der Waals surface area (Å²) in [5.74, 6) is 0. The lowest BCUT2D eigenvalue weighted by Crippen LogP contribution is -2.41. The Hall–Kier alpha value is -2.03. The van der Waals surface area contributed by atoms with Crippen molar-refractivity contribution in [1.82, 2.24) is 9.97 Å². The van der Waals surface area contributed by atoms with Gasteiger partial charge in [-0.2, -0.15) is 5.26 Å². The van der Waals surface area contributed by atoms with Gasteiger partial charge in [0.05, 0.1) is 6.07 Å². The molecule has 120 valence electrons. The number of rotatable bonds is 4. The van der Waals surface area contributed by atoms with Crippen molar-refractivity contribution in [2.24, 2.45) is 0 Å². The van der Waals surface area contributed by atoms with E-state index in [1.54, 1.807) is 12.4 Å². The fraction of sp³-hybridized carbons (Fsp3) is 0.389. The van der Waals surface area contributed by atoms with Crippen molar-refractivity contribution in [2.45, 2.75) is 45.0 Å². The molecule has 0 aliphatic carbocycles. The van der Waals surface area contributed by atoms with E-state index in [1.165, 1.54) is 6.33 Å². The maximum Gasteiger partial charge on any atom is 0.194 e. The summed E-state index contributed by atoms with van der Waals surface area (Å²) in [6.45, 7) is 10.8. The van der Waals surface area contributed by atoms with Crippen molar-refractivity contribution in [3.05, 3.63) is 48.5 Å². The third-order valence-corrected chi connectivity index (χ3v) is 8.88. The Morgan fingerprint density at radius 3 is 2.09 bits per heavy atom. The second-order valence-corrected chi connectivity index (χ2v) is 11.9. The van der Waals surface area contributed by atoms with Crippen LogP contribution in [-0.2, 0) is 4.43 Å². The van der Waals surface area contributed by atoms with Gasteiger partial charge >= 0.3 is 0 Å². The highest BCUT2D eigenvalue weighted by Gasteiger charge is 2.39. The average molecular weight is 325 g/mol. The van der Waals surface area contributed by atoms with Gasteiger partial charge in [-0.25, -0.2) is 9.97 Å². The normalized spacial score (nSPS) is 13.4. The summed E-state index contributed by atoms with van der Waals surface area (Å²) in [5.41, 5.74) is 2.87. The SMILES string of the molecule is CC(C)(C)[Si](C)(C)O[C@@H](C#N)c1ccc(-c2cncnc2)cc1. The number of hydrogen-bond donors (Lipinski definition) is 0. The summed E-state index contributed by atoms with van der Waals surface area (Å²) in [5, 5.41) is 9.59. The Morgan fingerprint density at radius 2 is 1.61 bits per heavy atom. The maximum atomic E-state index is 9.52. The number of hydrogen-bond acceptors (Lipinski definition) is 4. The average Bonchev–Trinajstić information content (AvgIpc) is 2.52. The molecule has 0 aliphatic rings. The van der Waals surface area contributed by atoms with E-state index < -0.39 is 14.4 Å². The lowest BCUT2D eigenvalue weighted by Gasteiger charge is -2.37. The molecular weight excluding hydrogens is 302 g/mol. The fourth-order valence-electron chi connectivity index (χ4n) is 1.94. The Bertz CT molecular complexity index is 685. The number of benzene rings is 1. The highest BCUT2D eigenvalue weighted by atomic mass is 28.4. The van der Waals surface area contributed by atoms with E-state index in [-0.39, 0.29) is 5.04 Å². The molecule has 0 bridgehead atoms. The summed E-state index contributed by atoms with van der Waals surface area (Å²) in [6.07, 6.45) is 4.53. The van der Waals surface area contributed by atoms with Gasteiger partial charge in [-0.15, -0.1) is 0 Å². The molecule has 0 fully saturated rings. The van der Waals surface area contributed by atoms with Crippen molar-refractivity contribution in [3.8, 4) is 17.2 Å². The van der Waals surface area contributed by atoms with Crippen LogP contribution < -0.4 is 0 Å².